The van der Waals surface area contributed by atoms with Crippen LogP contribution in [0.25, 0.3) is 0 Å². The quantitative estimate of drug-likeness (QED) is 0.942. The summed E-state index contributed by atoms with van der Waals surface area (Å²) in [5, 5.41) is 2.80. The number of benzene rings is 1. The highest BCUT2D eigenvalue weighted by atomic mass is 79.9. The molecule has 1 aromatic carbocycles. The van der Waals surface area contributed by atoms with Crippen LogP contribution in [0.3, 0.4) is 0 Å². The maximum Gasteiger partial charge on any atom is 0.256 e. The van der Waals surface area contributed by atoms with Gasteiger partial charge in [-0.05, 0) is 36.8 Å². The van der Waals surface area contributed by atoms with Gasteiger partial charge in [-0.15, -0.1) is 0 Å². The molecule has 0 aliphatic carbocycles. The molecule has 5 heteroatoms. The van der Waals surface area contributed by atoms with Crippen LogP contribution in [-0.2, 0) is 0 Å². The van der Waals surface area contributed by atoms with Gasteiger partial charge in [0.05, 0.1) is 7.11 Å². The van der Waals surface area contributed by atoms with Crippen molar-refractivity contribution in [1.82, 2.24) is 4.98 Å². The standard InChI is InChI=1S/C14H13BrN2O2/c1-9-5-6-10(15)8-11(9)13(18)17-12-4-3-7-16-14(12)19-2/h3-8H,1-2H3,(H,17,18). The maximum absolute atomic E-state index is 12.2. The van der Waals surface area contributed by atoms with Gasteiger partial charge in [-0.1, -0.05) is 22.0 Å². The summed E-state index contributed by atoms with van der Waals surface area (Å²) in [5.41, 5.74) is 2.07. The van der Waals surface area contributed by atoms with E-state index in [-0.39, 0.29) is 5.91 Å². The molecule has 19 heavy (non-hydrogen) atoms. The van der Waals surface area contributed by atoms with Gasteiger partial charge in [-0.3, -0.25) is 4.79 Å². The number of nitrogens with one attached hydrogen (secondary N) is 1. The van der Waals surface area contributed by atoms with E-state index in [4.69, 9.17) is 4.74 Å². The fourth-order valence-corrected chi connectivity index (χ4v) is 2.04. The molecule has 1 aromatic heterocycles. The molecule has 0 saturated carbocycles. The second-order valence-corrected chi connectivity index (χ2v) is 4.89. The van der Waals surface area contributed by atoms with Crippen LogP contribution in [-0.4, -0.2) is 18.0 Å². The molecule has 0 fully saturated rings. The van der Waals surface area contributed by atoms with E-state index < -0.39 is 0 Å². The molecule has 0 atom stereocenters. The number of hydrogen-bond acceptors (Lipinski definition) is 3. The molecular weight excluding hydrogens is 308 g/mol. The Labute approximate surface area is 119 Å². The third-order valence-corrected chi connectivity index (χ3v) is 3.15. The van der Waals surface area contributed by atoms with Gasteiger partial charge in [0.2, 0.25) is 5.88 Å². The summed E-state index contributed by atoms with van der Waals surface area (Å²) in [6, 6.07) is 9.06. The van der Waals surface area contributed by atoms with Crippen molar-refractivity contribution in [2.24, 2.45) is 0 Å². The van der Waals surface area contributed by atoms with Gasteiger partial charge in [0.1, 0.15) is 5.69 Å². The number of halogens is 1. The maximum atomic E-state index is 12.2. The van der Waals surface area contributed by atoms with Crippen molar-refractivity contribution in [3.05, 3.63) is 52.1 Å². The molecule has 0 saturated heterocycles. The van der Waals surface area contributed by atoms with Crippen LogP contribution in [0.2, 0.25) is 0 Å². The highest BCUT2D eigenvalue weighted by molar-refractivity contribution is 9.10. The molecule has 2 aromatic rings. The van der Waals surface area contributed by atoms with Gasteiger partial charge in [0.15, 0.2) is 0 Å². The first-order valence-electron chi connectivity index (χ1n) is 5.68. The van der Waals surface area contributed by atoms with Crippen LogP contribution in [0.4, 0.5) is 5.69 Å². The molecule has 0 unspecified atom stereocenters. The number of aryl methyl sites for hydroxylation is 1. The highest BCUT2D eigenvalue weighted by Gasteiger charge is 2.12. The highest BCUT2D eigenvalue weighted by Crippen LogP contribution is 2.22. The Bertz CT molecular complexity index is 614. The summed E-state index contributed by atoms with van der Waals surface area (Å²) >= 11 is 3.36. The zero-order valence-electron chi connectivity index (χ0n) is 10.6. The summed E-state index contributed by atoms with van der Waals surface area (Å²) in [7, 11) is 1.52. The third-order valence-electron chi connectivity index (χ3n) is 2.66. The van der Waals surface area contributed by atoms with Crippen LogP contribution in [0.5, 0.6) is 5.88 Å². The molecule has 4 nitrogen and oxygen atoms in total. The number of carbonyl (C=O) groups excluding carboxylic acids is 1. The fourth-order valence-electron chi connectivity index (χ4n) is 1.68. The van der Waals surface area contributed by atoms with Gasteiger partial charge in [0.25, 0.3) is 5.91 Å². The monoisotopic (exact) mass is 320 g/mol. The van der Waals surface area contributed by atoms with Crippen LogP contribution < -0.4 is 10.1 Å². The SMILES string of the molecule is COc1ncccc1NC(=O)c1cc(Br)ccc1C. The van der Waals surface area contributed by atoms with Crippen LogP contribution >= 0.6 is 15.9 Å². The van der Waals surface area contributed by atoms with Crippen molar-refractivity contribution in [3.63, 3.8) is 0 Å². The molecule has 0 aliphatic rings. The van der Waals surface area contributed by atoms with Crippen molar-refractivity contribution in [2.75, 3.05) is 12.4 Å². The number of pyridine rings is 1. The Morgan fingerprint density at radius 2 is 2.16 bits per heavy atom. The Kier molecular flexibility index (Phi) is 4.16. The predicted octanol–water partition coefficient (Wildman–Crippen LogP) is 3.41. The lowest BCUT2D eigenvalue weighted by Gasteiger charge is -2.10. The van der Waals surface area contributed by atoms with E-state index in [1.54, 1.807) is 24.4 Å². The average molecular weight is 321 g/mol. The van der Waals surface area contributed by atoms with Crippen molar-refractivity contribution >= 4 is 27.5 Å². The minimum Gasteiger partial charge on any atom is -0.480 e. The first-order chi connectivity index (χ1) is 9.11. The molecule has 1 amide bonds. The largest absolute Gasteiger partial charge is 0.480 e. The fraction of sp³-hybridized carbons (Fsp3) is 0.143. The molecule has 0 spiro atoms. The minimum atomic E-state index is -0.190. The average Bonchev–Trinajstić information content (AvgIpc) is 2.42. The number of nitrogens with zero attached hydrogens (tertiary/aromatic N) is 1. The number of carbonyl (C=O) groups is 1. The number of methoxy groups -OCH3 is 1. The van der Waals surface area contributed by atoms with E-state index in [1.807, 2.05) is 19.1 Å². The number of aromatic nitrogens is 1. The van der Waals surface area contributed by atoms with Crippen molar-refractivity contribution < 1.29 is 9.53 Å². The van der Waals surface area contributed by atoms with Crippen molar-refractivity contribution in [2.45, 2.75) is 6.92 Å². The zero-order chi connectivity index (χ0) is 13.8. The van der Waals surface area contributed by atoms with Crippen LogP contribution in [0.1, 0.15) is 15.9 Å². The smallest absolute Gasteiger partial charge is 0.256 e. The van der Waals surface area contributed by atoms with E-state index in [0.717, 1.165) is 10.0 Å². The second kappa shape index (κ2) is 5.84. The van der Waals surface area contributed by atoms with E-state index >= 15 is 0 Å². The lowest BCUT2D eigenvalue weighted by atomic mass is 10.1. The predicted molar refractivity (Wildman–Crippen MR) is 77.6 cm³/mol. The third kappa shape index (κ3) is 3.12. The van der Waals surface area contributed by atoms with Gasteiger partial charge >= 0.3 is 0 Å². The Balaban J connectivity index is 2.28. The van der Waals surface area contributed by atoms with Gasteiger partial charge in [-0.2, -0.15) is 0 Å². The number of anilines is 1. The number of hydrogen-bond donors (Lipinski definition) is 1. The molecule has 0 radical (unpaired) electrons. The van der Waals surface area contributed by atoms with Gasteiger partial charge in [0, 0.05) is 16.2 Å². The van der Waals surface area contributed by atoms with E-state index in [1.165, 1.54) is 7.11 Å². The van der Waals surface area contributed by atoms with E-state index in [2.05, 4.69) is 26.2 Å². The lowest BCUT2D eigenvalue weighted by molar-refractivity contribution is 0.102. The lowest BCUT2D eigenvalue weighted by Crippen LogP contribution is -2.14. The van der Waals surface area contributed by atoms with Gasteiger partial charge < -0.3 is 10.1 Å². The molecule has 98 valence electrons. The van der Waals surface area contributed by atoms with Crippen molar-refractivity contribution in [1.29, 1.82) is 0 Å². The van der Waals surface area contributed by atoms with E-state index in [9.17, 15) is 4.79 Å². The Morgan fingerprint density at radius 3 is 2.89 bits per heavy atom. The normalized spacial score (nSPS) is 10.1. The Morgan fingerprint density at radius 1 is 1.37 bits per heavy atom. The summed E-state index contributed by atoms with van der Waals surface area (Å²) in [4.78, 5) is 16.3. The van der Waals surface area contributed by atoms with Crippen LogP contribution in [0, 0.1) is 6.92 Å². The zero-order valence-corrected chi connectivity index (χ0v) is 12.2. The minimum absolute atomic E-state index is 0.190. The van der Waals surface area contributed by atoms with E-state index in [0.29, 0.717) is 17.1 Å². The number of ether oxygens (including phenoxy) is 1. The topological polar surface area (TPSA) is 51.2 Å². The summed E-state index contributed by atoms with van der Waals surface area (Å²) in [6.45, 7) is 1.89. The molecule has 1 N–H and O–H groups in total. The van der Waals surface area contributed by atoms with Crippen LogP contribution in [0.15, 0.2) is 41.0 Å². The Hall–Kier alpha value is -1.88. The molecule has 0 aliphatic heterocycles. The first-order valence-corrected chi connectivity index (χ1v) is 6.47. The first kappa shape index (κ1) is 13.5. The second-order valence-electron chi connectivity index (χ2n) is 3.97. The molecule has 0 bridgehead atoms. The number of amides is 1. The molecule has 2 rings (SSSR count). The summed E-state index contributed by atoms with van der Waals surface area (Å²) in [6.07, 6.45) is 1.61. The molecule has 1 heterocycles. The summed E-state index contributed by atoms with van der Waals surface area (Å²) < 4.78 is 5.96. The molecular formula is C14H13BrN2O2. The summed E-state index contributed by atoms with van der Waals surface area (Å²) in [5.74, 6) is 0.202. The van der Waals surface area contributed by atoms with Crippen molar-refractivity contribution in [3.8, 4) is 5.88 Å². The number of rotatable bonds is 3. The van der Waals surface area contributed by atoms with Gasteiger partial charge in [-0.25, -0.2) is 4.98 Å².